The van der Waals surface area contributed by atoms with Crippen molar-refractivity contribution in [1.82, 2.24) is 4.90 Å². The number of aryl methyl sites for hydroxylation is 1. The number of carbonyl (C=O) groups excluding carboxylic acids is 1. The fourth-order valence-corrected chi connectivity index (χ4v) is 3.08. The van der Waals surface area contributed by atoms with Gasteiger partial charge in [0.15, 0.2) is 0 Å². The fourth-order valence-electron chi connectivity index (χ4n) is 2.16. The van der Waals surface area contributed by atoms with Gasteiger partial charge in [0.1, 0.15) is 23.5 Å². The van der Waals surface area contributed by atoms with Crippen LogP contribution in [-0.4, -0.2) is 36.6 Å². The normalized spacial score (nSPS) is 11.3. The van der Waals surface area contributed by atoms with Gasteiger partial charge < -0.3 is 14.7 Å². The minimum Gasteiger partial charge on any atom is -0.496 e. The Morgan fingerprint density at radius 2 is 1.96 bits per heavy atom. The Morgan fingerprint density at radius 1 is 1.32 bits per heavy atom. The predicted molar refractivity (Wildman–Crippen MR) is 95.0 cm³/mol. The van der Waals surface area contributed by atoms with Crippen LogP contribution < -0.4 is 4.74 Å². The smallest absolute Gasteiger partial charge is 0.209 e. The number of methoxy groups -OCH3 is 1. The van der Waals surface area contributed by atoms with E-state index in [1.807, 2.05) is 32.2 Å². The summed E-state index contributed by atoms with van der Waals surface area (Å²) in [5.41, 5.74) is 0.822. The van der Waals surface area contributed by atoms with Crippen molar-refractivity contribution >= 4 is 17.7 Å². The second-order valence-corrected chi connectivity index (χ2v) is 6.15. The molecule has 0 radical (unpaired) electrons. The largest absolute Gasteiger partial charge is 0.496 e. The summed E-state index contributed by atoms with van der Waals surface area (Å²) in [5, 5.41) is 12.0. The second-order valence-electron chi connectivity index (χ2n) is 5.20. The van der Waals surface area contributed by atoms with Crippen molar-refractivity contribution in [3.63, 3.8) is 0 Å². The minimum atomic E-state index is -1.15. The Morgan fingerprint density at radius 3 is 2.36 bits per heavy atom. The standard InChI is InChI=1S/C13H12F2O2S.C5H11NO/c1-7-3-4-18-13(7)12(16)11-9(15)5-8(14)6-10(11)17-2;1-3-6(4-2)5-7/h3-6,12,16H,1-2H3;5H,3-4H2,1-2H3. The van der Waals surface area contributed by atoms with Gasteiger partial charge in [-0.2, -0.15) is 0 Å². The number of benzene rings is 1. The zero-order valence-electron chi connectivity index (χ0n) is 14.8. The SMILES string of the molecule is CCN(C=O)CC.COc1cc(F)cc(F)c1C(O)c1sccc1C. The van der Waals surface area contributed by atoms with Gasteiger partial charge in [-0.15, -0.1) is 11.3 Å². The van der Waals surface area contributed by atoms with E-state index in [0.717, 1.165) is 37.2 Å². The molecule has 2 aromatic rings. The molecule has 7 heteroatoms. The molecule has 1 heterocycles. The summed E-state index contributed by atoms with van der Waals surface area (Å²) in [4.78, 5) is 12.2. The first-order valence-corrected chi connectivity index (χ1v) is 8.71. The molecule has 0 fully saturated rings. The molecule has 138 valence electrons. The molecule has 0 bridgehead atoms. The van der Waals surface area contributed by atoms with E-state index >= 15 is 0 Å². The molecule has 0 aliphatic rings. The summed E-state index contributed by atoms with van der Waals surface area (Å²) in [7, 11) is 1.31. The van der Waals surface area contributed by atoms with Crippen LogP contribution in [0, 0.1) is 18.6 Å². The van der Waals surface area contributed by atoms with E-state index in [-0.39, 0.29) is 11.3 Å². The van der Waals surface area contributed by atoms with Crippen molar-refractivity contribution < 1.29 is 23.4 Å². The molecule has 1 unspecified atom stereocenters. The zero-order valence-corrected chi connectivity index (χ0v) is 15.6. The van der Waals surface area contributed by atoms with Gasteiger partial charge in [0.25, 0.3) is 0 Å². The van der Waals surface area contributed by atoms with Crippen LogP contribution in [0.4, 0.5) is 8.78 Å². The van der Waals surface area contributed by atoms with Gasteiger partial charge >= 0.3 is 0 Å². The molecule has 0 saturated carbocycles. The van der Waals surface area contributed by atoms with Gasteiger partial charge in [-0.05, 0) is 37.8 Å². The first kappa shape index (κ1) is 21.1. The van der Waals surface area contributed by atoms with Crippen molar-refractivity contribution in [1.29, 1.82) is 0 Å². The van der Waals surface area contributed by atoms with Gasteiger partial charge in [-0.3, -0.25) is 4.79 Å². The Bertz CT molecular complexity index is 687. The fraction of sp³-hybridized carbons (Fsp3) is 0.389. The van der Waals surface area contributed by atoms with Crippen LogP contribution in [0.5, 0.6) is 5.75 Å². The summed E-state index contributed by atoms with van der Waals surface area (Å²) in [6.07, 6.45) is -0.291. The molecule has 0 saturated heterocycles. The maximum absolute atomic E-state index is 13.8. The third-order valence-electron chi connectivity index (χ3n) is 3.66. The molecule has 25 heavy (non-hydrogen) atoms. The number of aliphatic hydroxyl groups is 1. The molecule has 1 atom stereocenters. The monoisotopic (exact) mass is 371 g/mol. The predicted octanol–water partition coefficient (Wildman–Crippen LogP) is 3.91. The molecule has 1 amide bonds. The number of aliphatic hydroxyl groups excluding tert-OH is 1. The van der Waals surface area contributed by atoms with E-state index in [4.69, 9.17) is 4.74 Å². The number of ether oxygens (including phenoxy) is 1. The summed E-state index contributed by atoms with van der Waals surface area (Å²) >= 11 is 1.32. The first-order valence-electron chi connectivity index (χ1n) is 7.83. The van der Waals surface area contributed by atoms with E-state index in [1.54, 1.807) is 4.90 Å². The van der Waals surface area contributed by atoms with Crippen molar-refractivity contribution in [3.8, 4) is 5.75 Å². The lowest BCUT2D eigenvalue weighted by Crippen LogP contribution is -2.19. The van der Waals surface area contributed by atoms with Crippen LogP contribution >= 0.6 is 11.3 Å². The Balaban J connectivity index is 0.000000381. The number of thiophene rings is 1. The molecule has 1 aromatic carbocycles. The number of nitrogens with zero attached hydrogens (tertiary/aromatic N) is 1. The summed E-state index contributed by atoms with van der Waals surface area (Å²) < 4.78 is 31.8. The van der Waals surface area contributed by atoms with Crippen LogP contribution in [-0.2, 0) is 4.79 Å². The molecule has 1 aromatic heterocycles. The molecule has 1 N–H and O–H groups in total. The summed E-state index contributed by atoms with van der Waals surface area (Å²) in [5.74, 6) is -1.54. The molecule has 0 aliphatic heterocycles. The van der Waals surface area contributed by atoms with Crippen LogP contribution in [0.3, 0.4) is 0 Å². The third-order valence-corrected chi connectivity index (χ3v) is 4.73. The minimum absolute atomic E-state index is 0.00722. The Kier molecular flexibility index (Phi) is 8.51. The lowest BCUT2D eigenvalue weighted by Gasteiger charge is -2.15. The first-order chi connectivity index (χ1) is 11.9. The van der Waals surface area contributed by atoms with Crippen molar-refractivity contribution in [2.24, 2.45) is 0 Å². The van der Waals surface area contributed by atoms with Gasteiger partial charge in [-0.1, -0.05) is 0 Å². The van der Waals surface area contributed by atoms with Crippen LogP contribution in [0.25, 0.3) is 0 Å². The van der Waals surface area contributed by atoms with Crippen LogP contribution in [0.2, 0.25) is 0 Å². The van der Waals surface area contributed by atoms with Crippen LogP contribution in [0.1, 0.15) is 36.0 Å². The molecular weight excluding hydrogens is 348 g/mol. The Labute approximate surface area is 150 Å². The molecule has 4 nitrogen and oxygen atoms in total. The maximum atomic E-state index is 13.8. The van der Waals surface area contributed by atoms with E-state index in [1.165, 1.54) is 18.4 Å². The van der Waals surface area contributed by atoms with Gasteiger partial charge in [-0.25, -0.2) is 8.78 Å². The van der Waals surface area contributed by atoms with E-state index in [9.17, 15) is 18.7 Å². The Hall–Kier alpha value is -1.99. The van der Waals surface area contributed by atoms with E-state index in [2.05, 4.69) is 0 Å². The highest BCUT2D eigenvalue weighted by Gasteiger charge is 2.23. The van der Waals surface area contributed by atoms with E-state index < -0.39 is 17.7 Å². The number of carbonyl (C=O) groups is 1. The second kappa shape index (κ2) is 10.1. The third kappa shape index (κ3) is 5.51. The highest BCUT2D eigenvalue weighted by atomic mass is 32.1. The number of hydrogen-bond donors (Lipinski definition) is 1. The highest BCUT2D eigenvalue weighted by molar-refractivity contribution is 7.10. The topological polar surface area (TPSA) is 49.8 Å². The van der Waals surface area contributed by atoms with Gasteiger partial charge in [0, 0.05) is 30.1 Å². The van der Waals surface area contributed by atoms with Crippen LogP contribution in [0.15, 0.2) is 23.6 Å². The molecule has 2 rings (SSSR count). The molecule has 0 aliphatic carbocycles. The number of amides is 1. The van der Waals surface area contributed by atoms with Gasteiger partial charge in [0.05, 0.1) is 12.7 Å². The van der Waals surface area contributed by atoms with E-state index in [0.29, 0.717) is 4.88 Å². The molecular formula is C18H23F2NO3S. The quantitative estimate of drug-likeness (QED) is 0.784. The van der Waals surface area contributed by atoms with Crippen molar-refractivity contribution in [2.75, 3.05) is 20.2 Å². The zero-order chi connectivity index (χ0) is 19.0. The number of halogens is 2. The van der Waals surface area contributed by atoms with Gasteiger partial charge in [0.2, 0.25) is 6.41 Å². The maximum Gasteiger partial charge on any atom is 0.209 e. The lowest BCUT2D eigenvalue weighted by atomic mass is 10.0. The lowest BCUT2D eigenvalue weighted by molar-refractivity contribution is -0.117. The van der Waals surface area contributed by atoms with Crippen molar-refractivity contribution in [2.45, 2.75) is 26.9 Å². The number of hydrogen-bond acceptors (Lipinski definition) is 4. The summed E-state index contributed by atoms with van der Waals surface area (Å²) in [6, 6.07) is 3.63. The average Bonchev–Trinajstić information content (AvgIpc) is 3.02. The average molecular weight is 371 g/mol. The molecule has 0 spiro atoms. The number of rotatable bonds is 6. The summed E-state index contributed by atoms with van der Waals surface area (Å²) in [6.45, 7) is 7.37. The highest BCUT2D eigenvalue weighted by Crippen LogP contribution is 2.36. The van der Waals surface area contributed by atoms with Crippen molar-refractivity contribution in [3.05, 3.63) is 51.2 Å².